The van der Waals surface area contributed by atoms with E-state index in [2.05, 4.69) is 0 Å². The van der Waals surface area contributed by atoms with Gasteiger partial charge in [0.1, 0.15) is 0 Å². The highest BCUT2D eigenvalue weighted by Crippen LogP contribution is 2.37. The van der Waals surface area contributed by atoms with Gasteiger partial charge in [0.15, 0.2) is 22.7 Å². The molecule has 3 aromatic rings. The van der Waals surface area contributed by atoms with Gasteiger partial charge in [0.2, 0.25) is 5.82 Å². The molecule has 0 spiro atoms. The second-order valence-corrected chi connectivity index (χ2v) is 6.08. The number of aliphatic hydroxyl groups excluding tert-OH is 1. The molecule has 0 aliphatic rings. The van der Waals surface area contributed by atoms with E-state index in [1.54, 1.807) is 12.1 Å². The third-order valence-corrected chi connectivity index (χ3v) is 3.71. The van der Waals surface area contributed by atoms with Gasteiger partial charge in [-0.3, -0.25) is 0 Å². The van der Waals surface area contributed by atoms with Crippen molar-refractivity contribution in [1.29, 1.82) is 0 Å². The summed E-state index contributed by atoms with van der Waals surface area (Å²) in [4.78, 5) is 0. The second-order valence-electron chi connectivity index (χ2n) is 6.08. The van der Waals surface area contributed by atoms with E-state index in [1.165, 1.54) is 19.1 Å². The predicted octanol–water partition coefficient (Wildman–Crippen LogP) is 4.95. The van der Waals surface area contributed by atoms with Crippen molar-refractivity contribution in [2.45, 2.75) is 26.9 Å². The number of furan rings is 1. The van der Waals surface area contributed by atoms with E-state index < -0.39 is 17.7 Å². The van der Waals surface area contributed by atoms with Gasteiger partial charge in [0, 0.05) is 16.3 Å². The first-order chi connectivity index (χ1) is 10.9. The molecule has 23 heavy (non-hydrogen) atoms. The molecular weight excluding hydrogens is 302 g/mol. The van der Waals surface area contributed by atoms with Crippen LogP contribution in [0.4, 0.5) is 8.78 Å². The predicted molar refractivity (Wildman–Crippen MR) is 84.6 cm³/mol. The maximum absolute atomic E-state index is 14.6. The molecule has 3 rings (SSSR count). The molecule has 1 atom stereocenters. The normalized spacial score (nSPS) is 13.2. The van der Waals surface area contributed by atoms with E-state index in [9.17, 15) is 13.9 Å². The molecule has 0 bridgehead atoms. The lowest BCUT2D eigenvalue weighted by Crippen LogP contribution is -2.05. The smallest absolute Gasteiger partial charge is 0.208 e. The van der Waals surface area contributed by atoms with Gasteiger partial charge < -0.3 is 14.3 Å². The molecule has 1 N–H and O–H groups in total. The van der Waals surface area contributed by atoms with Crippen LogP contribution in [-0.4, -0.2) is 11.7 Å². The maximum atomic E-state index is 14.6. The molecule has 0 saturated carbocycles. The molecule has 5 heteroatoms. The van der Waals surface area contributed by atoms with Crippen molar-refractivity contribution < 1.29 is 23.0 Å². The second kappa shape index (κ2) is 5.81. The highest BCUT2D eigenvalue weighted by Gasteiger charge is 2.20. The Kier molecular flexibility index (Phi) is 3.98. The summed E-state index contributed by atoms with van der Waals surface area (Å²) in [5.74, 6) is -0.969. The summed E-state index contributed by atoms with van der Waals surface area (Å²) >= 11 is 0. The number of benzene rings is 2. The highest BCUT2D eigenvalue weighted by molar-refractivity contribution is 6.05. The minimum Gasteiger partial charge on any atom is -0.490 e. The van der Waals surface area contributed by atoms with E-state index in [-0.39, 0.29) is 28.4 Å². The van der Waals surface area contributed by atoms with Gasteiger partial charge in [0.25, 0.3) is 0 Å². The quantitative estimate of drug-likeness (QED) is 0.739. The third-order valence-electron chi connectivity index (χ3n) is 3.71. The first-order valence-corrected chi connectivity index (χ1v) is 7.54. The zero-order valence-corrected chi connectivity index (χ0v) is 13.2. The molecule has 0 aliphatic heterocycles. The summed E-state index contributed by atoms with van der Waals surface area (Å²) in [6.45, 7) is 5.77. The van der Waals surface area contributed by atoms with Crippen LogP contribution in [0.5, 0.6) is 5.75 Å². The number of hydrogen-bond donors (Lipinski definition) is 1. The van der Waals surface area contributed by atoms with E-state index in [4.69, 9.17) is 9.15 Å². The van der Waals surface area contributed by atoms with Crippen molar-refractivity contribution in [2.75, 3.05) is 6.61 Å². The molecule has 0 radical (unpaired) electrons. The molecule has 2 aromatic carbocycles. The lowest BCUT2D eigenvalue weighted by atomic mass is 10.1. The van der Waals surface area contributed by atoms with Crippen molar-refractivity contribution in [1.82, 2.24) is 0 Å². The Bertz CT molecular complexity index is 866. The number of rotatable bonds is 4. The van der Waals surface area contributed by atoms with E-state index in [0.717, 1.165) is 0 Å². The van der Waals surface area contributed by atoms with Crippen LogP contribution in [0.15, 0.2) is 28.7 Å². The number of halogens is 2. The Balaban J connectivity index is 2.18. The summed E-state index contributed by atoms with van der Waals surface area (Å²) in [6.07, 6.45) is -0.970. The third kappa shape index (κ3) is 2.65. The first kappa shape index (κ1) is 15.7. The summed E-state index contributed by atoms with van der Waals surface area (Å²) in [6, 6.07) is 6.29. The molecule has 0 fully saturated rings. The van der Waals surface area contributed by atoms with Gasteiger partial charge in [-0.1, -0.05) is 19.9 Å². The Morgan fingerprint density at radius 2 is 1.61 bits per heavy atom. The zero-order chi connectivity index (χ0) is 16.7. The van der Waals surface area contributed by atoms with Gasteiger partial charge in [-0.2, -0.15) is 4.39 Å². The molecule has 0 amide bonds. The summed E-state index contributed by atoms with van der Waals surface area (Å²) in [5, 5.41) is 10.5. The lowest BCUT2D eigenvalue weighted by molar-refractivity contribution is 0.194. The Morgan fingerprint density at radius 3 is 2.22 bits per heavy atom. The van der Waals surface area contributed by atoms with Crippen molar-refractivity contribution in [3.8, 4) is 5.75 Å². The first-order valence-electron chi connectivity index (χ1n) is 7.54. The average molecular weight is 320 g/mol. The van der Waals surface area contributed by atoms with Crippen LogP contribution < -0.4 is 4.74 Å². The zero-order valence-electron chi connectivity index (χ0n) is 13.2. The van der Waals surface area contributed by atoms with Crippen LogP contribution in [0.25, 0.3) is 21.9 Å². The van der Waals surface area contributed by atoms with Crippen LogP contribution in [-0.2, 0) is 0 Å². The lowest BCUT2D eigenvalue weighted by Gasteiger charge is -2.09. The number of aliphatic hydroxyl groups is 1. The highest BCUT2D eigenvalue weighted by atomic mass is 19.1. The molecule has 1 heterocycles. The van der Waals surface area contributed by atoms with Crippen molar-refractivity contribution in [3.63, 3.8) is 0 Å². The molecule has 0 aliphatic carbocycles. The number of ether oxygens (including phenoxy) is 1. The minimum atomic E-state index is -0.970. The maximum Gasteiger partial charge on any atom is 0.208 e. The van der Waals surface area contributed by atoms with Gasteiger partial charge >= 0.3 is 0 Å². The van der Waals surface area contributed by atoms with Crippen LogP contribution in [0.3, 0.4) is 0 Å². The molecule has 1 aromatic heterocycles. The van der Waals surface area contributed by atoms with Crippen molar-refractivity contribution in [2.24, 2.45) is 5.92 Å². The van der Waals surface area contributed by atoms with E-state index in [1.807, 2.05) is 13.8 Å². The van der Waals surface area contributed by atoms with Gasteiger partial charge in [0.05, 0.1) is 12.7 Å². The van der Waals surface area contributed by atoms with E-state index in [0.29, 0.717) is 17.4 Å². The van der Waals surface area contributed by atoms with Crippen LogP contribution in [0.1, 0.15) is 32.4 Å². The van der Waals surface area contributed by atoms with Gasteiger partial charge in [-0.15, -0.1) is 0 Å². The Hall–Kier alpha value is -2.14. The Morgan fingerprint density at radius 1 is 1.00 bits per heavy atom. The topological polar surface area (TPSA) is 42.6 Å². The standard InChI is InChI=1S/C18H18F2O3/c1-9(2)8-22-14-7-6-13-12-5-4-11(10(3)21)15(19)17(12)23-18(13)16(14)20/h4-7,9-10,21H,8H2,1-3H3/t10-/m1/s1. The fourth-order valence-corrected chi connectivity index (χ4v) is 2.53. The molecule has 0 saturated heterocycles. The van der Waals surface area contributed by atoms with Crippen LogP contribution in [0.2, 0.25) is 0 Å². The summed E-state index contributed by atoms with van der Waals surface area (Å²) in [5.41, 5.74) is 0.0226. The minimum absolute atomic E-state index is 0.0390. The SMILES string of the molecule is CC(C)COc1ccc2c(oc3c(F)c([C@@H](C)O)ccc32)c1F. The number of hydrogen-bond acceptors (Lipinski definition) is 3. The monoisotopic (exact) mass is 320 g/mol. The molecule has 122 valence electrons. The van der Waals surface area contributed by atoms with Crippen LogP contribution in [0, 0.1) is 17.6 Å². The van der Waals surface area contributed by atoms with Crippen molar-refractivity contribution >= 4 is 21.9 Å². The molecule has 3 nitrogen and oxygen atoms in total. The number of fused-ring (bicyclic) bond motifs is 3. The molecular formula is C18H18F2O3. The van der Waals surface area contributed by atoms with Crippen LogP contribution >= 0.6 is 0 Å². The van der Waals surface area contributed by atoms with Gasteiger partial charge in [-0.25, -0.2) is 4.39 Å². The summed E-state index contributed by atoms with van der Waals surface area (Å²) < 4.78 is 39.8. The fraction of sp³-hybridized carbons (Fsp3) is 0.333. The fourth-order valence-electron chi connectivity index (χ4n) is 2.53. The van der Waals surface area contributed by atoms with E-state index >= 15 is 0 Å². The largest absolute Gasteiger partial charge is 0.490 e. The average Bonchev–Trinajstić information content (AvgIpc) is 2.87. The Labute approximate surface area is 132 Å². The van der Waals surface area contributed by atoms with Gasteiger partial charge in [-0.05, 0) is 31.0 Å². The summed E-state index contributed by atoms with van der Waals surface area (Å²) in [7, 11) is 0. The van der Waals surface area contributed by atoms with Crippen molar-refractivity contribution in [3.05, 3.63) is 41.5 Å². The molecule has 0 unspecified atom stereocenters.